The molecule has 0 saturated heterocycles. The summed E-state index contributed by atoms with van der Waals surface area (Å²) in [6, 6.07) is 13.5. The molecule has 0 fully saturated rings. The molecule has 26 heavy (non-hydrogen) atoms. The van der Waals surface area contributed by atoms with Gasteiger partial charge in [0.25, 0.3) is 0 Å². The van der Waals surface area contributed by atoms with Gasteiger partial charge in [-0.2, -0.15) is 0 Å². The minimum absolute atomic E-state index is 0.216. The van der Waals surface area contributed by atoms with E-state index >= 15 is 0 Å². The van der Waals surface area contributed by atoms with Crippen molar-refractivity contribution in [2.24, 2.45) is 12.5 Å². The summed E-state index contributed by atoms with van der Waals surface area (Å²) >= 11 is 0. The Balaban J connectivity index is 1.89. The summed E-state index contributed by atoms with van der Waals surface area (Å²) in [5.74, 6) is 0. The fourth-order valence-corrected chi connectivity index (χ4v) is 3.42. The Hall–Kier alpha value is -2.68. The third-order valence-electron chi connectivity index (χ3n) is 4.62. The average molecular weight is 352 g/mol. The third-order valence-corrected chi connectivity index (χ3v) is 4.62. The van der Waals surface area contributed by atoms with Gasteiger partial charge in [-0.05, 0) is 42.5 Å². The minimum atomic E-state index is -2.67. The van der Waals surface area contributed by atoms with Gasteiger partial charge in [-0.1, -0.05) is 32.8 Å². The molecule has 0 N–H and O–H groups in total. The number of fused-ring (bicyclic) bond motifs is 3. The van der Waals surface area contributed by atoms with Crippen molar-refractivity contribution in [1.82, 2.24) is 4.98 Å². The molecule has 3 nitrogen and oxygen atoms in total. The molecule has 0 aliphatic rings. The van der Waals surface area contributed by atoms with Crippen molar-refractivity contribution in [3.63, 3.8) is 0 Å². The second-order valence-corrected chi connectivity index (χ2v) is 7.10. The summed E-state index contributed by atoms with van der Waals surface area (Å²) < 4.78 is 55.2. The van der Waals surface area contributed by atoms with Crippen molar-refractivity contribution in [2.75, 3.05) is 0 Å². The maximum absolute atomic E-state index is 7.83. The van der Waals surface area contributed by atoms with E-state index < -0.39 is 19.1 Å². The molecule has 0 bridgehead atoms. The standard InChI is InChI=1S/C23H25N2O/c1-15-9-11-17-18-12-10-16(14-23(2,3)4)24-22(18)26-21(17)20(15)19-8-6-7-13-25(19)5/h6-13H,14H2,1-5H3/q+1/i2D3,3D3. The molecule has 0 amide bonds. The van der Waals surface area contributed by atoms with Crippen LogP contribution < -0.4 is 4.57 Å². The Bertz CT molecular complexity index is 1310. The molecule has 4 rings (SSSR count). The van der Waals surface area contributed by atoms with Crippen LogP contribution in [0.2, 0.25) is 0 Å². The SMILES string of the molecule is [2H]C([2H])([2H])C(C)(Cc1ccc2c(n1)oc1c(-c3cccc[n+]3C)c(C)ccc12)C([2H])([2H])[2H]. The van der Waals surface area contributed by atoms with Crippen LogP contribution in [0.25, 0.3) is 33.3 Å². The number of nitrogens with zero attached hydrogens (tertiary/aromatic N) is 2. The van der Waals surface area contributed by atoms with Gasteiger partial charge in [0.1, 0.15) is 7.05 Å². The molecule has 1 aromatic carbocycles. The molecule has 0 aliphatic heterocycles. The highest BCUT2D eigenvalue weighted by Gasteiger charge is 2.21. The van der Waals surface area contributed by atoms with Gasteiger partial charge in [-0.3, -0.25) is 0 Å². The van der Waals surface area contributed by atoms with Gasteiger partial charge in [-0.15, -0.1) is 0 Å². The van der Waals surface area contributed by atoms with E-state index in [-0.39, 0.29) is 6.42 Å². The van der Waals surface area contributed by atoms with E-state index in [1.807, 2.05) is 61.1 Å². The molecule has 3 heteroatoms. The molecule has 132 valence electrons. The van der Waals surface area contributed by atoms with Crippen LogP contribution in [-0.2, 0) is 13.5 Å². The molecule has 0 aliphatic carbocycles. The van der Waals surface area contributed by atoms with Crippen LogP contribution in [0.1, 0.15) is 40.1 Å². The summed E-state index contributed by atoms with van der Waals surface area (Å²) in [4.78, 5) is 4.54. The van der Waals surface area contributed by atoms with E-state index in [1.54, 1.807) is 6.07 Å². The lowest BCUT2D eigenvalue weighted by atomic mass is 9.90. The van der Waals surface area contributed by atoms with E-state index in [1.165, 1.54) is 6.92 Å². The topological polar surface area (TPSA) is 29.9 Å². The van der Waals surface area contributed by atoms with E-state index in [0.717, 1.165) is 27.6 Å². The van der Waals surface area contributed by atoms with Gasteiger partial charge in [0, 0.05) is 36.8 Å². The summed E-state index contributed by atoms with van der Waals surface area (Å²) in [7, 11) is 1.97. The number of pyridine rings is 2. The molecule has 0 radical (unpaired) electrons. The zero-order chi connectivity index (χ0) is 23.5. The number of hydrogen-bond acceptors (Lipinski definition) is 2. The highest BCUT2D eigenvalue weighted by atomic mass is 16.3. The molecule has 0 saturated carbocycles. The predicted molar refractivity (Wildman–Crippen MR) is 106 cm³/mol. The van der Waals surface area contributed by atoms with Gasteiger partial charge in [-0.25, -0.2) is 9.55 Å². The zero-order valence-electron chi connectivity index (χ0n) is 21.1. The van der Waals surface area contributed by atoms with Crippen LogP contribution in [0.15, 0.2) is 53.1 Å². The van der Waals surface area contributed by atoms with Gasteiger partial charge in [0.15, 0.2) is 11.8 Å². The first kappa shape index (κ1) is 11.1. The molecule has 0 unspecified atom stereocenters. The van der Waals surface area contributed by atoms with Gasteiger partial charge >= 0.3 is 0 Å². The van der Waals surface area contributed by atoms with E-state index in [9.17, 15) is 0 Å². The molecule has 4 aromatic rings. The molecule has 3 aromatic heterocycles. The number of furan rings is 1. The second kappa shape index (κ2) is 5.94. The third kappa shape index (κ3) is 2.88. The van der Waals surface area contributed by atoms with Crippen molar-refractivity contribution in [2.45, 2.75) is 34.0 Å². The van der Waals surface area contributed by atoms with Crippen LogP contribution >= 0.6 is 0 Å². The monoisotopic (exact) mass is 351 g/mol. The number of aromatic nitrogens is 2. The molecule has 3 heterocycles. The lowest BCUT2D eigenvalue weighted by Crippen LogP contribution is -2.30. The maximum Gasteiger partial charge on any atom is 0.227 e. The average Bonchev–Trinajstić information content (AvgIpc) is 3.04. The largest absolute Gasteiger partial charge is 0.437 e. The Morgan fingerprint density at radius 3 is 2.69 bits per heavy atom. The van der Waals surface area contributed by atoms with Crippen LogP contribution in [-0.4, -0.2) is 4.98 Å². The van der Waals surface area contributed by atoms with Gasteiger partial charge in [0.05, 0.1) is 5.56 Å². The fraction of sp³-hybridized carbons (Fsp3) is 0.304. The lowest BCUT2D eigenvalue weighted by Gasteiger charge is -2.16. The number of aryl methyl sites for hydroxylation is 2. The fourth-order valence-electron chi connectivity index (χ4n) is 3.42. The molecule has 0 atom stereocenters. The first-order chi connectivity index (χ1) is 14.8. The van der Waals surface area contributed by atoms with Crippen molar-refractivity contribution >= 4 is 22.1 Å². The lowest BCUT2D eigenvalue weighted by molar-refractivity contribution is -0.660. The van der Waals surface area contributed by atoms with E-state index in [0.29, 0.717) is 17.0 Å². The predicted octanol–water partition coefficient (Wildman–Crippen LogP) is 5.37. The van der Waals surface area contributed by atoms with Gasteiger partial charge in [0.2, 0.25) is 11.4 Å². The van der Waals surface area contributed by atoms with Crippen molar-refractivity contribution in [3.8, 4) is 11.3 Å². The number of benzene rings is 1. The number of hydrogen-bond donors (Lipinski definition) is 0. The summed E-state index contributed by atoms with van der Waals surface area (Å²) in [5.41, 5.74) is 2.51. The zero-order valence-corrected chi connectivity index (χ0v) is 15.1. The van der Waals surface area contributed by atoms with Crippen LogP contribution in [0.5, 0.6) is 0 Å². The maximum atomic E-state index is 7.83. The number of rotatable bonds is 2. The Morgan fingerprint density at radius 1 is 1.12 bits per heavy atom. The minimum Gasteiger partial charge on any atom is -0.437 e. The summed E-state index contributed by atoms with van der Waals surface area (Å²) in [6.45, 7) is -2.05. The Labute approximate surface area is 162 Å². The van der Waals surface area contributed by atoms with E-state index in [4.69, 9.17) is 12.6 Å². The highest BCUT2D eigenvalue weighted by molar-refractivity contribution is 6.08. The van der Waals surface area contributed by atoms with Gasteiger partial charge < -0.3 is 4.42 Å². The normalized spacial score (nSPS) is 16.6. The molecular weight excluding hydrogens is 320 g/mol. The molecular formula is C23H25N2O+. The summed E-state index contributed by atoms with van der Waals surface area (Å²) in [5, 5.41) is 1.70. The first-order valence-corrected chi connectivity index (χ1v) is 8.60. The van der Waals surface area contributed by atoms with Crippen molar-refractivity contribution in [1.29, 1.82) is 0 Å². The Morgan fingerprint density at radius 2 is 1.92 bits per heavy atom. The van der Waals surface area contributed by atoms with E-state index in [2.05, 4.69) is 4.98 Å². The summed E-state index contributed by atoms with van der Waals surface area (Å²) in [6.07, 6.45) is 1.75. The van der Waals surface area contributed by atoms with Crippen LogP contribution in [0, 0.1) is 12.3 Å². The van der Waals surface area contributed by atoms with Crippen LogP contribution in [0.3, 0.4) is 0 Å². The van der Waals surface area contributed by atoms with Crippen molar-refractivity contribution < 1.29 is 17.2 Å². The first-order valence-electron chi connectivity index (χ1n) is 11.6. The van der Waals surface area contributed by atoms with Crippen molar-refractivity contribution in [3.05, 3.63) is 59.9 Å². The smallest absolute Gasteiger partial charge is 0.227 e. The molecule has 0 spiro atoms. The quantitative estimate of drug-likeness (QED) is 0.454. The highest BCUT2D eigenvalue weighted by Crippen LogP contribution is 2.36. The Kier molecular flexibility index (Phi) is 2.54. The second-order valence-electron chi connectivity index (χ2n) is 7.10. The van der Waals surface area contributed by atoms with Crippen LogP contribution in [0.4, 0.5) is 0 Å².